The minimum atomic E-state index is -0.522. The van der Waals surface area contributed by atoms with Crippen LogP contribution < -0.4 is 0 Å². The van der Waals surface area contributed by atoms with E-state index in [1.54, 1.807) is 0 Å². The minimum Gasteiger partial charge on any atom is -0.515 e. The Labute approximate surface area is 148 Å². The molecule has 1 heterocycles. The van der Waals surface area contributed by atoms with Gasteiger partial charge in [0, 0.05) is 23.3 Å². The van der Waals surface area contributed by atoms with E-state index in [9.17, 15) is 9.90 Å². The van der Waals surface area contributed by atoms with Gasteiger partial charge in [-0.15, -0.1) is 0 Å². The third kappa shape index (κ3) is 2.54. The van der Waals surface area contributed by atoms with Crippen LogP contribution in [0.1, 0.15) is 38.2 Å². The lowest BCUT2D eigenvalue weighted by atomic mass is 9.51. The van der Waals surface area contributed by atoms with Crippen LogP contribution >= 0.6 is 0 Å². The number of aliphatic hydroxyl groups is 1. The molecule has 2 aliphatic carbocycles. The zero-order valence-electron chi connectivity index (χ0n) is 14.7. The van der Waals surface area contributed by atoms with Gasteiger partial charge in [0.15, 0.2) is 11.6 Å². The molecule has 4 heteroatoms. The third-order valence-corrected chi connectivity index (χ3v) is 6.69. The molecule has 1 spiro atoms. The van der Waals surface area contributed by atoms with Gasteiger partial charge in [0.2, 0.25) is 0 Å². The molecule has 1 aromatic carbocycles. The van der Waals surface area contributed by atoms with Gasteiger partial charge < -0.3 is 14.6 Å². The SMILES string of the molecule is C[C@H]1[C@@H]2CC/C(=C/O)C(=O)[C@@]2(Cc2ccccc2)CCC12OCCO2. The lowest BCUT2D eigenvalue weighted by Crippen LogP contribution is -2.58. The lowest BCUT2D eigenvalue weighted by Gasteiger charge is -2.55. The highest BCUT2D eigenvalue weighted by Crippen LogP contribution is 2.58. The second kappa shape index (κ2) is 6.26. The summed E-state index contributed by atoms with van der Waals surface area (Å²) in [6.07, 6.45) is 4.75. The fraction of sp³-hybridized carbons (Fsp3) is 0.571. The molecule has 0 radical (unpaired) electrons. The minimum absolute atomic E-state index is 0.120. The van der Waals surface area contributed by atoms with Gasteiger partial charge >= 0.3 is 0 Å². The molecule has 1 saturated heterocycles. The second-order valence-corrected chi connectivity index (χ2v) is 7.74. The monoisotopic (exact) mass is 342 g/mol. The van der Waals surface area contributed by atoms with E-state index in [1.165, 1.54) is 5.56 Å². The number of carbonyl (C=O) groups is 1. The van der Waals surface area contributed by atoms with Crippen LogP contribution in [-0.4, -0.2) is 29.9 Å². The number of allylic oxidation sites excluding steroid dienone is 1. The summed E-state index contributed by atoms with van der Waals surface area (Å²) in [4.78, 5) is 13.4. The maximum Gasteiger partial charge on any atom is 0.171 e. The van der Waals surface area contributed by atoms with E-state index in [-0.39, 0.29) is 17.6 Å². The van der Waals surface area contributed by atoms with E-state index in [2.05, 4.69) is 19.1 Å². The third-order valence-electron chi connectivity index (χ3n) is 6.69. The number of rotatable bonds is 2. The molecule has 3 atom stereocenters. The zero-order valence-corrected chi connectivity index (χ0v) is 14.7. The van der Waals surface area contributed by atoms with Crippen molar-refractivity contribution in [3.63, 3.8) is 0 Å². The Morgan fingerprint density at radius 3 is 2.60 bits per heavy atom. The summed E-state index contributed by atoms with van der Waals surface area (Å²) in [5.74, 6) is -0.0341. The van der Waals surface area contributed by atoms with Crippen molar-refractivity contribution in [2.75, 3.05) is 13.2 Å². The summed E-state index contributed by atoms with van der Waals surface area (Å²) in [7, 11) is 0. The Morgan fingerprint density at radius 2 is 1.92 bits per heavy atom. The summed E-state index contributed by atoms with van der Waals surface area (Å²) in [6.45, 7) is 3.45. The van der Waals surface area contributed by atoms with E-state index in [0.29, 0.717) is 25.2 Å². The number of Topliss-reactive ketones (excluding diaryl/α,β-unsaturated/α-hetero) is 1. The first-order valence-corrected chi connectivity index (χ1v) is 9.31. The van der Waals surface area contributed by atoms with E-state index in [4.69, 9.17) is 9.47 Å². The summed E-state index contributed by atoms with van der Waals surface area (Å²) < 4.78 is 12.1. The highest BCUT2D eigenvalue weighted by molar-refractivity contribution is 6.01. The quantitative estimate of drug-likeness (QED) is 0.656. The molecule has 4 rings (SSSR count). The van der Waals surface area contributed by atoms with Gasteiger partial charge in [-0.2, -0.15) is 0 Å². The lowest BCUT2D eigenvalue weighted by molar-refractivity contribution is -0.243. The van der Waals surface area contributed by atoms with Crippen LogP contribution in [0.25, 0.3) is 0 Å². The van der Waals surface area contributed by atoms with Gasteiger partial charge in [-0.3, -0.25) is 4.79 Å². The van der Waals surface area contributed by atoms with Crippen molar-refractivity contribution in [2.45, 2.75) is 44.8 Å². The molecular weight excluding hydrogens is 316 g/mol. The van der Waals surface area contributed by atoms with Crippen molar-refractivity contribution in [1.82, 2.24) is 0 Å². The van der Waals surface area contributed by atoms with E-state index in [0.717, 1.165) is 31.9 Å². The first kappa shape index (κ1) is 16.8. The molecular formula is C21H26O4. The predicted molar refractivity (Wildman–Crippen MR) is 94.1 cm³/mol. The number of hydrogen-bond donors (Lipinski definition) is 1. The van der Waals surface area contributed by atoms with Gasteiger partial charge in [0.25, 0.3) is 0 Å². The molecule has 2 saturated carbocycles. The topological polar surface area (TPSA) is 55.8 Å². The molecule has 1 aliphatic heterocycles. The highest BCUT2D eigenvalue weighted by atomic mass is 16.7. The van der Waals surface area contributed by atoms with Crippen molar-refractivity contribution >= 4 is 5.78 Å². The van der Waals surface area contributed by atoms with E-state index >= 15 is 0 Å². The number of ether oxygens (including phenoxy) is 2. The summed E-state index contributed by atoms with van der Waals surface area (Å²) in [5.41, 5.74) is 1.29. The van der Waals surface area contributed by atoms with Crippen LogP contribution in [0, 0.1) is 17.3 Å². The largest absolute Gasteiger partial charge is 0.515 e. The Hall–Kier alpha value is -1.65. The van der Waals surface area contributed by atoms with Gasteiger partial charge in [0.1, 0.15) is 0 Å². The molecule has 134 valence electrons. The number of fused-ring (bicyclic) bond motifs is 1. The Bertz CT molecular complexity index is 674. The Morgan fingerprint density at radius 1 is 1.20 bits per heavy atom. The summed E-state index contributed by atoms with van der Waals surface area (Å²) in [6, 6.07) is 10.2. The number of benzene rings is 1. The van der Waals surface area contributed by atoms with Gasteiger partial charge in [-0.05, 0) is 37.2 Å². The van der Waals surface area contributed by atoms with E-state index in [1.807, 2.05) is 18.2 Å². The average Bonchev–Trinajstić information content (AvgIpc) is 3.11. The maximum absolute atomic E-state index is 13.4. The number of hydrogen-bond acceptors (Lipinski definition) is 4. The van der Waals surface area contributed by atoms with Crippen LogP contribution in [-0.2, 0) is 20.7 Å². The standard InChI is InChI=1S/C21H26O4/c1-15-18-8-7-17(14-22)19(23)20(18,13-16-5-3-2-4-6-16)9-10-21(15)24-11-12-25-21/h2-6,14-15,18,22H,7-13H2,1H3/b17-14-/t15-,18-,20+/m0/s1. The number of aliphatic hydroxyl groups excluding tert-OH is 1. The fourth-order valence-electron chi connectivity index (χ4n) is 5.41. The maximum atomic E-state index is 13.4. The summed E-state index contributed by atoms with van der Waals surface area (Å²) >= 11 is 0. The molecule has 4 nitrogen and oxygen atoms in total. The van der Waals surface area contributed by atoms with E-state index < -0.39 is 11.2 Å². The molecule has 0 unspecified atom stereocenters. The predicted octanol–water partition coefficient (Wildman–Crippen LogP) is 3.81. The molecule has 0 aromatic heterocycles. The van der Waals surface area contributed by atoms with Crippen molar-refractivity contribution in [1.29, 1.82) is 0 Å². The molecule has 3 fully saturated rings. The van der Waals surface area contributed by atoms with Gasteiger partial charge in [-0.1, -0.05) is 37.3 Å². The Balaban J connectivity index is 1.73. The molecule has 1 N–H and O–H groups in total. The smallest absolute Gasteiger partial charge is 0.171 e. The zero-order chi connectivity index (χ0) is 17.5. The highest BCUT2D eigenvalue weighted by Gasteiger charge is 2.60. The first-order valence-electron chi connectivity index (χ1n) is 9.31. The van der Waals surface area contributed by atoms with Crippen LogP contribution in [0.5, 0.6) is 0 Å². The second-order valence-electron chi connectivity index (χ2n) is 7.74. The van der Waals surface area contributed by atoms with Gasteiger partial charge in [-0.25, -0.2) is 0 Å². The van der Waals surface area contributed by atoms with Crippen molar-refractivity contribution in [3.05, 3.63) is 47.7 Å². The van der Waals surface area contributed by atoms with Crippen LogP contribution in [0.15, 0.2) is 42.2 Å². The van der Waals surface area contributed by atoms with Crippen molar-refractivity contribution in [2.24, 2.45) is 17.3 Å². The average molecular weight is 342 g/mol. The van der Waals surface area contributed by atoms with Gasteiger partial charge in [0.05, 0.1) is 19.5 Å². The first-order chi connectivity index (χ1) is 12.1. The van der Waals surface area contributed by atoms with Crippen LogP contribution in [0.2, 0.25) is 0 Å². The molecule has 3 aliphatic rings. The Kier molecular flexibility index (Phi) is 4.20. The van der Waals surface area contributed by atoms with Crippen LogP contribution in [0.4, 0.5) is 0 Å². The molecule has 1 aromatic rings. The number of ketones is 1. The van der Waals surface area contributed by atoms with Crippen molar-refractivity contribution < 1.29 is 19.4 Å². The molecule has 0 amide bonds. The fourth-order valence-corrected chi connectivity index (χ4v) is 5.41. The molecule has 0 bridgehead atoms. The van der Waals surface area contributed by atoms with Crippen molar-refractivity contribution in [3.8, 4) is 0 Å². The number of carbonyl (C=O) groups excluding carboxylic acids is 1. The van der Waals surface area contributed by atoms with Crippen LogP contribution in [0.3, 0.4) is 0 Å². The summed E-state index contributed by atoms with van der Waals surface area (Å²) in [5, 5.41) is 9.57. The normalized spacial score (nSPS) is 35.9. The molecule has 25 heavy (non-hydrogen) atoms.